The summed E-state index contributed by atoms with van der Waals surface area (Å²) in [7, 11) is -7.13. The maximum atomic E-state index is 10.9. The molecule has 0 spiro atoms. The van der Waals surface area contributed by atoms with Crippen molar-refractivity contribution in [1.29, 1.82) is 0 Å². The van der Waals surface area contributed by atoms with Crippen molar-refractivity contribution in [2.45, 2.75) is 0 Å². The Morgan fingerprint density at radius 1 is 0.792 bits per heavy atom. The summed E-state index contributed by atoms with van der Waals surface area (Å²) in [6, 6.07) is 2.48. The van der Waals surface area contributed by atoms with E-state index < -0.39 is 31.4 Å². The molecule has 0 aromatic carbocycles. The van der Waals surface area contributed by atoms with E-state index >= 15 is 0 Å². The molecule has 0 radical (unpaired) electrons. The smallest absolute Gasteiger partial charge is 0.363 e. The molecule has 0 saturated carbocycles. The van der Waals surface area contributed by atoms with Crippen LogP contribution in [-0.4, -0.2) is 47.3 Å². The van der Waals surface area contributed by atoms with Crippen LogP contribution in [0, 0.1) is 0 Å². The lowest BCUT2D eigenvalue weighted by atomic mass is 10.6. The molecule has 2 heterocycles. The second-order valence-electron chi connectivity index (χ2n) is 4.39. The lowest BCUT2D eigenvalue weighted by Gasteiger charge is -1.99. The zero-order valence-electron chi connectivity index (χ0n) is 12.5. The molecule has 0 saturated heterocycles. The van der Waals surface area contributed by atoms with Crippen LogP contribution in [0.25, 0.3) is 0 Å². The molecule has 14 heteroatoms. The zero-order chi connectivity index (χ0) is 18.7. The Morgan fingerprint density at radius 2 is 1.08 bits per heavy atom. The van der Waals surface area contributed by atoms with E-state index in [1.807, 2.05) is 0 Å². The maximum absolute atomic E-state index is 10.9. The molecular formula is C10H14N6O6S2. The number of nitrogens with zero attached hydrogens (tertiary/aromatic N) is 4. The standard InChI is InChI=1S/2C5H7N3O3S/c2*1-12(10,11)8-3-2-4(6)7-5(8)9/h2*2-3H,1H3,(H2,6,7,9). The third-order valence-electron chi connectivity index (χ3n) is 2.30. The fraction of sp³-hybridized carbons (Fsp3) is 0.200. The van der Waals surface area contributed by atoms with Crippen LogP contribution in [0.4, 0.5) is 11.6 Å². The quantitative estimate of drug-likeness (QED) is 0.554. The van der Waals surface area contributed by atoms with Gasteiger partial charge in [-0.05, 0) is 12.1 Å². The molecule has 2 aromatic heterocycles. The Hall–Kier alpha value is -2.74. The highest BCUT2D eigenvalue weighted by Gasteiger charge is 2.08. The van der Waals surface area contributed by atoms with Crippen molar-refractivity contribution in [1.82, 2.24) is 17.9 Å². The van der Waals surface area contributed by atoms with E-state index in [0.717, 1.165) is 24.9 Å². The number of hydrogen-bond donors (Lipinski definition) is 2. The van der Waals surface area contributed by atoms with Crippen molar-refractivity contribution < 1.29 is 16.8 Å². The normalized spacial score (nSPS) is 11.4. The Bertz CT molecular complexity index is 982. The van der Waals surface area contributed by atoms with Gasteiger partial charge in [0, 0.05) is 12.4 Å². The van der Waals surface area contributed by atoms with Gasteiger partial charge in [0.2, 0.25) is 20.0 Å². The fourth-order valence-corrected chi connectivity index (χ4v) is 2.53. The highest BCUT2D eigenvalue weighted by Crippen LogP contribution is 1.92. The maximum Gasteiger partial charge on any atom is 0.363 e. The largest absolute Gasteiger partial charge is 0.383 e. The van der Waals surface area contributed by atoms with E-state index in [4.69, 9.17) is 11.5 Å². The second-order valence-corrected chi connectivity index (χ2v) is 8.11. The topological polar surface area (TPSA) is 190 Å². The zero-order valence-corrected chi connectivity index (χ0v) is 14.2. The van der Waals surface area contributed by atoms with E-state index in [1.54, 1.807) is 0 Å². The first kappa shape index (κ1) is 19.3. The summed E-state index contributed by atoms with van der Waals surface area (Å²) in [5, 5.41) is 0. The predicted octanol–water partition coefficient (Wildman–Crippen LogP) is -2.73. The fourth-order valence-electron chi connectivity index (χ4n) is 1.31. The Labute approximate surface area is 136 Å². The number of aromatic nitrogens is 4. The van der Waals surface area contributed by atoms with Crippen LogP contribution in [0.1, 0.15) is 0 Å². The summed E-state index contributed by atoms with van der Waals surface area (Å²) in [6.07, 6.45) is 3.96. The number of rotatable bonds is 2. The molecule has 132 valence electrons. The molecule has 0 bridgehead atoms. The second kappa shape index (κ2) is 6.79. The van der Waals surface area contributed by atoms with E-state index in [0.29, 0.717) is 7.94 Å². The van der Waals surface area contributed by atoms with E-state index in [2.05, 4.69) is 9.97 Å². The SMILES string of the molecule is CS(=O)(=O)n1ccc(N)nc1=O.CS(=O)(=O)n1ccc(N)nc1=O. The van der Waals surface area contributed by atoms with E-state index in [9.17, 15) is 26.4 Å². The molecule has 2 aromatic rings. The molecule has 2 rings (SSSR count). The molecule has 0 aliphatic rings. The lowest BCUT2D eigenvalue weighted by molar-refractivity contribution is 0.588. The molecule has 0 aliphatic heterocycles. The molecule has 0 atom stereocenters. The molecule has 0 unspecified atom stereocenters. The van der Waals surface area contributed by atoms with Gasteiger partial charge in [-0.2, -0.15) is 17.9 Å². The average molecular weight is 378 g/mol. The minimum Gasteiger partial charge on any atom is -0.383 e. The third kappa shape index (κ3) is 5.17. The summed E-state index contributed by atoms with van der Waals surface area (Å²) in [5.41, 5.74) is 8.52. The highest BCUT2D eigenvalue weighted by atomic mass is 32.2. The highest BCUT2D eigenvalue weighted by molar-refractivity contribution is 7.89. The first-order valence-electron chi connectivity index (χ1n) is 5.94. The number of nitrogens with two attached hydrogens (primary N) is 2. The van der Waals surface area contributed by atoms with Crippen molar-refractivity contribution in [2.24, 2.45) is 0 Å². The molecule has 0 amide bonds. The summed E-state index contributed by atoms with van der Waals surface area (Å²) in [6.45, 7) is 0. The molecule has 0 aliphatic carbocycles. The molecule has 24 heavy (non-hydrogen) atoms. The van der Waals surface area contributed by atoms with Gasteiger partial charge in [-0.1, -0.05) is 0 Å². The Morgan fingerprint density at radius 3 is 1.29 bits per heavy atom. The molecular weight excluding hydrogens is 364 g/mol. The van der Waals surface area contributed by atoms with Crippen LogP contribution in [-0.2, 0) is 20.0 Å². The minimum absolute atomic E-state index is 0.0000926. The van der Waals surface area contributed by atoms with Gasteiger partial charge in [-0.15, -0.1) is 0 Å². The van der Waals surface area contributed by atoms with Crippen LogP contribution >= 0.6 is 0 Å². The van der Waals surface area contributed by atoms with E-state index in [-0.39, 0.29) is 11.6 Å². The van der Waals surface area contributed by atoms with Crippen LogP contribution < -0.4 is 22.8 Å². The first-order valence-corrected chi connectivity index (χ1v) is 9.63. The first-order chi connectivity index (χ1) is 10.8. The summed E-state index contributed by atoms with van der Waals surface area (Å²) >= 11 is 0. The number of nitrogen functional groups attached to an aromatic ring is 2. The van der Waals surface area contributed by atoms with Crippen molar-refractivity contribution in [3.05, 3.63) is 45.5 Å². The molecule has 0 fully saturated rings. The molecule has 12 nitrogen and oxygen atoms in total. The average Bonchev–Trinajstić information content (AvgIpc) is 2.35. The summed E-state index contributed by atoms with van der Waals surface area (Å²) < 4.78 is 44.4. The van der Waals surface area contributed by atoms with Gasteiger partial charge >= 0.3 is 11.4 Å². The van der Waals surface area contributed by atoms with E-state index in [1.165, 1.54) is 12.1 Å². The Balaban J connectivity index is 0.000000240. The number of anilines is 2. The molecule has 4 N–H and O–H groups in total. The Kier molecular flexibility index (Phi) is 5.47. The van der Waals surface area contributed by atoms with Crippen LogP contribution in [0.2, 0.25) is 0 Å². The van der Waals surface area contributed by atoms with Crippen molar-refractivity contribution in [3.8, 4) is 0 Å². The van der Waals surface area contributed by atoms with Crippen molar-refractivity contribution in [3.63, 3.8) is 0 Å². The summed E-state index contributed by atoms with van der Waals surface area (Å²) in [4.78, 5) is 28.3. The third-order valence-corrected chi connectivity index (χ3v) is 4.29. The van der Waals surface area contributed by atoms with Gasteiger partial charge in [0.05, 0.1) is 12.5 Å². The van der Waals surface area contributed by atoms with Crippen LogP contribution in [0.5, 0.6) is 0 Å². The van der Waals surface area contributed by atoms with Gasteiger partial charge in [-0.25, -0.2) is 26.4 Å². The van der Waals surface area contributed by atoms with Gasteiger partial charge in [0.25, 0.3) is 0 Å². The van der Waals surface area contributed by atoms with Gasteiger partial charge in [-0.3, -0.25) is 0 Å². The van der Waals surface area contributed by atoms with Crippen LogP contribution in [0.3, 0.4) is 0 Å². The van der Waals surface area contributed by atoms with Crippen LogP contribution in [0.15, 0.2) is 34.1 Å². The van der Waals surface area contributed by atoms with Crippen molar-refractivity contribution >= 4 is 31.7 Å². The predicted molar refractivity (Wildman–Crippen MR) is 86.3 cm³/mol. The van der Waals surface area contributed by atoms with Crippen molar-refractivity contribution in [2.75, 3.05) is 24.0 Å². The van der Waals surface area contributed by atoms with Gasteiger partial charge < -0.3 is 11.5 Å². The monoisotopic (exact) mass is 378 g/mol. The number of hydrogen-bond acceptors (Lipinski definition) is 10. The van der Waals surface area contributed by atoms with Gasteiger partial charge in [0.1, 0.15) is 11.6 Å². The van der Waals surface area contributed by atoms with Gasteiger partial charge in [0.15, 0.2) is 0 Å². The lowest BCUT2D eigenvalue weighted by Crippen LogP contribution is -2.28. The minimum atomic E-state index is -3.56. The summed E-state index contributed by atoms with van der Waals surface area (Å²) in [5.74, 6) is -0.000185.